The fourth-order valence-corrected chi connectivity index (χ4v) is 3.27. The number of amides is 2. The smallest absolute Gasteiger partial charge is 0.337 e. The number of methoxy groups -OCH3 is 1. The largest absolute Gasteiger partial charge is 0.465 e. The molecule has 1 heterocycles. The number of urea groups is 1. The average Bonchev–Trinajstić information content (AvgIpc) is 2.72. The van der Waals surface area contributed by atoms with E-state index in [-0.39, 0.29) is 6.03 Å². The van der Waals surface area contributed by atoms with Crippen LogP contribution in [0.1, 0.15) is 15.9 Å². The van der Waals surface area contributed by atoms with Gasteiger partial charge in [-0.15, -0.1) is 0 Å². The SMILES string of the molecule is COC(=O)c1ccc(Cl)c(N2CCN(C(=O)NCc3ccccc3)CC2)c1. The summed E-state index contributed by atoms with van der Waals surface area (Å²) < 4.78 is 4.77. The van der Waals surface area contributed by atoms with Gasteiger partial charge in [-0.2, -0.15) is 0 Å². The number of hydrogen-bond donors (Lipinski definition) is 1. The third-order valence-corrected chi connectivity index (χ3v) is 4.88. The van der Waals surface area contributed by atoms with Gasteiger partial charge >= 0.3 is 12.0 Å². The lowest BCUT2D eigenvalue weighted by Crippen LogP contribution is -2.51. The lowest BCUT2D eigenvalue weighted by atomic mass is 10.1. The number of benzene rings is 2. The van der Waals surface area contributed by atoms with Gasteiger partial charge < -0.3 is 19.9 Å². The van der Waals surface area contributed by atoms with Crippen molar-refractivity contribution in [2.75, 3.05) is 38.2 Å². The summed E-state index contributed by atoms with van der Waals surface area (Å²) in [6.07, 6.45) is 0. The number of anilines is 1. The van der Waals surface area contributed by atoms with Gasteiger partial charge in [-0.3, -0.25) is 0 Å². The topological polar surface area (TPSA) is 61.9 Å². The van der Waals surface area contributed by atoms with Gasteiger partial charge in [0.1, 0.15) is 0 Å². The van der Waals surface area contributed by atoms with Crippen molar-refractivity contribution in [2.45, 2.75) is 6.54 Å². The van der Waals surface area contributed by atoms with Gasteiger partial charge in [-0.05, 0) is 23.8 Å². The number of piperazine rings is 1. The van der Waals surface area contributed by atoms with Gasteiger partial charge in [0, 0.05) is 32.7 Å². The maximum Gasteiger partial charge on any atom is 0.337 e. The van der Waals surface area contributed by atoms with E-state index in [0.29, 0.717) is 43.3 Å². The first-order valence-corrected chi connectivity index (χ1v) is 9.16. The number of ether oxygens (including phenoxy) is 1. The molecule has 142 valence electrons. The van der Waals surface area contributed by atoms with Gasteiger partial charge in [0.15, 0.2) is 0 Å². The van der Waals surface area contributed by atoms with Crippen LogP contribution in [0.5, 0.6) is 0 Å². The molecular formula is C20H22ClN3O3. The molecule has 0 radical (unpaired) electrons. The van der Waals surface area contributed by atoms with Crippen molar-refractivity contribution in [3.05, 3.63) is 64.7 Å². The molecule has 0 aliphatic carbocycles. The van der Waals surface area contributed by atoms with Crippen LogP contribution in [0.4, 0.5) is 10.5 Å². The van der Waals surface area contributed by atoms with E-state index in [4.69, 9.17) is 16.3 Å². The Hall–Kier alpha value is -2.73. The number of carbonyl (C=O) groups is 2. The van der Waals surface area contributed by atoms with Gasteiger partial charge in [0.2, 0.25) is 0 Å². The molecule has 1 saturated heterocycles. The zero-order valence-corrected chi connectivity index (χ0v) is 15.9. The van der Waals surface area contributed by atoms with E-state index >= 15 is 0 Å². The zero-order valence-electron chi connectivity index (χ0n) is 15.2. The van der Waals surface area contributed by atoms with Crippen molar-refractivity contribution in [3.63, 3.8) is 0 Å². The van der Waals surface area contributed by atoms with Crippen molar-refractivity contribution < 1.29 is 14.3 Å². The Balaban J connectivity index is 1.57. The number of carbonyl (C=O) groups excluding carboxylic acids is 2. The first kappa shape index (κ1) is 19.0. The third kappa shape index (κ3) is 4.71. The molecule has 2 aromatic carbocycles. The standard InChI is InChI=1S/C20H22ClN3O3/c1-27-19(25)16-7-8-17(21)18(13-16)23-9-11-24(12-10-23)20(26)22-14-15-5-3-2-4-6-15/h2-8,13H,9-12,14H2,1H3,(H,22,26). The maximum absolute atomic E-state index is 12.4. The number of hydrogen-bond acceptors (Lipinski definition) is 4. The highest BCUT2D eigenvalue weighted by Crippen LogP contribution is 2.28. The van der Waals surface area contributed by atoms with Crippen molar-refractivity contribution >= 4 is 29.3 Å². The molecule has 27 heavy (non-hydrogen) atoms. The van der Waals surface area contributed by atoms with E-state index in [1.165, 1.54) is 7.11 Å². The molecule has 7 heteroatoms. The molecule has 6 nitrogen and oxygen atoms in total. The highest BCUT2D eigenvalue weighted by molar-refractivity contribution is 6.33. The van der Waals surface area contributed by atoms with Gasteiger partial charge in [0.05, 0.1) is 23.4 Å². The lowest BCUT2D eigenvalue weighted by Gasteiger charge is -2.36. The van der Waals surface area contributed by atoms with E-state index in [1.54, 1.807) is 23.1 Å². The van der Waals surface area contributed by atoms with Crippen molar-refractivity contribution in [1.29, 1.82) is 0 Å². The number of nitrogens with one attached hydrogen (secondary N) is 1. The second-order valence-corrected chi connectivity index (χ2v) is 6.68. The van der Waals surface area contributed by atoms with Gasteiger partial charge in [-0.25, -0.2) is 9.59 Å². The van der Waals surface area contributed by atoms with Crippen LogP contribution >= 0.6 is 11.6 Å². The molecule has 0 bridgehead atoms. The molecule has 3 rings (SSSR count). The van der Waals surface area contributed by atoms with Crippen LogP contribution in [0.25, 0.3) is 0 Å². The van der Waals surface area contributed by atoms with E-state index in [9.17, 15) is 9.59 Å². The Bertz CT molecular complexity index is 805. The Morgan fingerprint density at radius 2 is 1.78 bits per heavy atom. The minimum atomic E-state index is -0.396. The zero-order chi connectivity index (χ0) is 19.2. The van der Waals surface area contributed by atoms with Crippen LogP contribution in [-0.2, 0) is 11.3 Å². The first-order chi connectivity index (χ1) is 13.1. The van der Waals surface area contributed by atoms with E-state index in [0.717, 1.165) is 11.3 Å². The number of nitrogens with zero attached hydrogens (tertiary/aromatic N) is 2. The van der Waals surface area contributed by atoms with Crippen molar-refractivity contribution in [2.24, 2.45) is 0 Å². The second-order valence-electron chi connectivity index (χ2n) is 6.28. The fourth-order valence-electron chi connectivity index (χ4n) is 3.04. The van der Waals surface area contributed by atoms with E-state index in [1.807, 2.05) is 30.3 Å². The minimum absolute atomic E-state index is 0.0760. The van der Waals surface area contributed by atoms with Crippen LogP contribution in [0.3, 0.4) is 0 Å². The summed E-state index contributed by atoms with van der Waals surface area (Å²) in [5.41, 5.74) is 2.31. The normalized spacial score (nSPS) is 14.0. The molecule has 1 N–H and O–H groups in total. The minimum Gasteiger partial charge on any atom is -0.465 e. The monoisotopic (exact) mass is 387 g/mol. The summed E-state index contributed by atoms with van der Waals surface area (Å²) in [5, 5.41) is 3.52. The molecular weight excluding hydrogens is 366 g/mol. The Kier molecular flexibility index (Phi) is 6.19. The molecule has 0 atom stereocenters. The summed E-state index contributed by atoms with van der Waals surface area (Å²) in [5.74, 6) is -0.396. The maximum atomic E-state index is 12.4. The highest BCUT2D eigenvalue weighted by atomic mass is 35.5. The quantitative estimate of drug-likeness (QED) is 0.818. The van der Waals surface area contributed by atoms with Gasteiger partial charge in [-0.1, -0.05) is 41.9 Å². The molecule has 0 unspecified atom stereocenters. The Morgan fingerprint density at radius 1 is 1.07 bits per heavy atom. The van der Waals surface area contributed by atoms with Crippen molar-refractivity contribution in [3.8, 4) is 0 Å². The second kappa shape index (κ2) is 8.77. The first-order valence-electron chi connectivity index (χ1n) is 8.78. The van der Waals surface area contributed by atoms with E-state index < -0.39 is 5.97 Å². The summed E-state index contributed by atoms with van der Waals surface area (Å²) in [6, 6.07) is 14.8. The van der Waals surface area contributed by atoms with Crippen LogP contribution in [-0.4, -0.2) is 50.2 Å². The van der Waals surface area contributed by atoms with Crippen LogP contribution in [0.15, 0.2) is 48.5 Å². The van der Waals surface area contributed by atoms with Crippen LogP contribution in [0, 0.1) is 0 Å². The van der Waals surface area contributed by atoms with Gasteiger partial charge in [0.25, 0.3) is 0 Å². The molecule has 0 spiro atoms. The molecule has 2 amide bonds. The predicted octanol–water partition coefficient (Wildman–Crippen LogP) is 3.16. The Labute approximate surface area is 163 Å². The fraction of sp³-hybridized carbons (Fsp3) is 0.300. The van der Waals surface area contributed by atoms with Crippen molar-refractivity contribution in [1.82, 2.24) is 10.2 Å². The highest BCUT2D eigenvalue weighted by Gasteiger charge is 2.23. The molecule has 1 aliphatic heterocycles. The van der Waals surface area contributed by atoms with Crippen LogP contribution in [0.2, 0.25) is 5.02 Å². The molecule has 1 fully saturated rings. The molecule has 0 saturated carbocycles. The number of rotatable bonds is 4. The summed E-state index contributed by atoms with van der Waals surface area (Å²) >= 11 is 6.31. The number of halogens is 1. The number of esters is 1. The lowest BCUT2D eigenvalue weighted by molar-refractivity contribution is 0.0600. The summed E-state index contributed by atoms with van der Waals surface area (Å²) in [4.78, 5) is 28.0. The summed E-state index contributed by atoms with van der Waals surface area (Å²) in [7, 11) is 1.35. The Morgan fingerprint density at radius 3 is 2.44 bits per heavy atom. The average molecular weight is 388 g/mol. The summed E-state index contributed by atoms with van der Waals surface area (Å²) in [6.45, 7) is 2.96. The molecule has 2 aromatic rings. The predicted molar refractivity (Wildman–Crippen MR) is 105 cm³/mol. The third-order valence-electron chi connectivity index (χ3n) is 4.56. The molecule has 0 aromatic heterocycles. The van der Waals surface area contributed by atoms with E-state index in [2.05, 4.69) is 10.2 Å². The van der Waals surface area contributed by atoms with Crippen LogP contribution < -0.4 is 10.2 Å². The molecule has 1 aliphatic rings.